The largest absolute Gasteiger partial charge is 0.416 e. The number of hydrogen-bond donors (Lipinski definition) is 3. The van der Waals surface area contributed by atoms with Crippen LogP contribution in [0.4, 0.5) is 28.9 Å². The normalized spacial score (nSPS) is 11.7. The third-order valence-corrected chi connectivity index (χ3v) is 4.87. The van der Waals surface area contributed by atoms with Gasteiger partial charge in [0.05, 0.1) is 28.2 Å². The van der Waals surface area contributed by atoms with Gasteiger partial charge in [-0.15, -0.1) is 0 Å². The minimum Gasteiger partial charge on any atom is -0.326 e. The fourth-order valence-corrected chi connectivity index (χ4v) is 3.22. The number of fused-ring (bicyclic) bond motifs is 1. The molecular weight excluding hydrogens is 466 g/mol. The van der Waals surface area contributed by atoms with Crippen molar-refractivity contribution in [1.82, 2.24) is 15.2 Å². The number of carbonyl (C=O) groups is 2. The maximum atomic E-state index is 13.9. The lowest BCUT2D eigenvalue weighted by Gasteiger charge is -2.10. The van der Waals surface area contributed by atoms with Crippen LogP contribution in [0.2, 0.25) is 0 Å². The average Bonchev–Trinajstić information content (AvgIpc) is 3.21. The van der Waals surface area contributed by atoms with Crippen LogP contribution < -0.4 is 10.6 Å². The number of benzene rings is 2. The highest BCUT2D eigenvalue weighted by molar-refractivity contribution is 6.08. The van der Waals surface area contributed by atoms with Crippen molar-refractivity contribution in [3.05, 3.63) is 83.6 Å². The van der Waals surface area contributed by atoms with Crippen LogP contribution in [-0.2, 0) is 15.8 Å². The molecule has 3 N–H and O–H groups in total. The van der Waals surface area contributed by atoms with Crippen LogP contribution in [0.25, 0.3) is 23.1 Å². The molecule has 0 saturated carbocycles. The SMILES string of the molecule is O=C(CC(=O)Nc1ccc(C(F)(F)F)cc1F)Nc1ccc2c(/C=C/c3ccccn3)n[nH]c2c1. The Morgan fingerprint density at radius 1 is 0.971 bits per heavy atom. The number of aromatic amines is 1. The van der Waals surface area contributed by atoms with Crippen molar-refractivity contribution in [2.45, 2.75) is 12.6 Å². The Morgan fingerprint density at radius 3 is 2.49 bits per heavy atom. The fourth-order valence-electron chi connectivity index (χ4n) is 3.22. The number of aromatic nitrogens is 3. The lowest BCUT2D eigenvalue weighted by molar-refractivity contribution is -0.137. The van der Waals surface area contributed by atoms with E-state index in [4.69, 9.17) is 0 Å². The van der Waals surface area contributed by atoms with Crippen LogP contribution in [-0.4, -0.2) is 27.0 Å². The molecule has 2 aromatic heterocycles. The predicted octanol–water partition coefficient (Wildman–Crippen LogP) is 5.25. The summed E-state index contributed by atoms with van der Waals surface area (Å²) in [5.41, 5.74) is 0.819. The van der Waals surface area contributed by atoms with Gasteiger partial charge in [-0.1, -0.05) is 6.07 Å². The molecule has 11 heteroatoms. The number of alkyl halides is 3. The molecule has 4 aromatic rings. The van der Waals surface area contributed by atoms with E-state index in [1.54, 1.807) is 30.5 Å². The molecule has 7 nitrogen and oxygen atoms in total. The predicted molar refractivity (Wildman–Crippen MR) is 123 cm³/mol. The summed E-state index contributed by atoms with van der Waals surface area (Å²) in [7, 11) is 0. The molecule has 0 unspecified atom stereocenters. The molecule has 4 rings (SSSR count). The highest BCUT2D eigenvalue weighted by atomic mass is 19.4. The third-order valence-electron chi connectivity index (χ3n) is 4.87. The van der Waals surface area contributed by atoms with E-state index in [0.717, 1.165) is 17.1 Å². The van der Waals surface area contributed by atoms with Gasteiger partial charge in [0.2, 0.25) is 11.8 Å². The molecular formula is C24H17F4N5O2. The van der Waals surface area contributed by atoms with Crippen molar-refractivity contribution in [3.63, 3.8) is 0 Å². The minimum absolute atomic E-state index is 0.273. The molecule has 0 fully saturated rings. The first-order valence-electron chi connectivity index (χ1n) is 10.2. The zero-order valence-electron chi connectivity index (χ0n) is 17.9. The van der Waals surface area contributed by atoms with Crippen LogP contribution in [0.3, 0.4) is 0 Å². The third kappa shape index (κ3) is 5.88. The summed E-state index contributed by atoms with van der Waals surface area (Å²) in [5.74, 6) is -2.83. The monoisotopic (exact) mass is 483 g/mol. The molecule has 0 aliphatic heterocycles. The number of carbonyl (C=O) groups excluding carboxylic acids is 2. The van der Waals surface area contributed by atoms with Crippen molar-refractivity contribution in [2.24, 2.45) is 0 Å². The number of nitrogens with zero attached hydrogens (tertiary/aromatic N) is 2. The zero-order chi connectivity index (χ0) is 25.0. The van der Waals surface area contributed by atoms with Crippen LogP contribution in [0.1, 0.15) is 23.4 Å². The Morgan fingerprint density at radius 2 is 1.77 bits per heavy atom. The number of hydrogen-bond acceptors (Lipinski definition) is 4. The van der Waals surface area contributed by atoms with E-state index in [-0.39, 0.29) is 6.07 Å². The van der Waals surface area contributed by atoms with Crippen LogP contribution in [0, 0.1) is 5.82 Å². The van der Waals surface area contributed by atoms with Gasteiger partial charge in [-0.2, -0.15) is 18.3 Å². The van der Waals surface area contributed by atoms with E-state index >= 15 is 0 Å². The van der Waals surface area contributed by atoms with Gasteiger partial charge in [0.15, 0.2) is 0 Å². The highest BCUT2D eigenvalue weighted by Crippen LogP contribution is 2.31. The summed E-state index contributed by atoms with van der Waals surface area (Å²) in [6.45, 7) is 0. The number of anilines is 2. The highest BCUT2D eigenvalue weighted by Gasteiger charge is 2.31. The van der Waals surface area contributed by atoms with E-state index in [2.05, 4.69) is 25.8 Å². The van der Waals surface area contributed by atoms with Crippen molar-refractivity contribution >= 4 is 46.2 Å². The summed E-state index contributed by atoms with van der Waals surface area (Å²) in [5, 5.41) is 12.5. The Hall–Kier alpha value is -4.54. The number of nitrogens with one attached hydrogen (secondary N) is 3. The zero-order valence-corrected chi connectivity index (χ0v) is 17.9. The molecule has 2 amide bonds. The van der Waals surface area contributed by atoms with E-state index in [1.807, 2.05) is 24.3 Å². The second-order valence-electron chi connectivity index (χ2n) is 7.42. The lowest BCUT2D eigenvalue weighted by atomic mass is 10.1. The molecule has 0 atom stereocenters. The number of halogens is 4. The molecule has 0 aliphatic carbocycles. The molecule has 178 valence electrons. The first-order chi connectivity index (χ1) is 16.7. The van der Waals surface area contributed by atoms with E-state index < -0.39 is 41.5 Å². The van der Waals surface area contributed by atoms with Crippen LogP contribution in [0.15, 0.2) is 60.8 Å². The molecule has 2 heterocycles. The number of H-pyrrole nitrogens is 1. The Kier molecular flexibility index (Phi) is 6.58. The average molecular weight is 483 g/mol. The molecule has 0 radical (unpaired) electrons. The second kappa shape index (κ2) is 9.75. The Labute approximate surface area is 195 Å². The van der Waals surface area contributed by atoms with E-state index in [0.29, 0.717) is 23.0 Å². The molecule has 2 aromatic carbocycles. The van der Waals surface area contributed by atoms with Gasteiger partial charge >= 0.3 is 6.18 Å². The minimum atomic E-state index is -4.71. The summed E-state index contributed by atoms with van der Waals surface area (Å²) >= 11 is 0. The smallest absolute Gasteiger partial charge is 0.326 e. The molecule has 0 saturated heterocycles. The van der Waals surface area contributed by atoms with E-state index in [1.165, 1.54) is 0 Å². The van der Waals surface area contributed by atoms with Crippen LogP contribution in [0.5, 0.6) is 0 Å². The second-order valence-corrected chi connectivity index (χ2v) is 7.42. The number of pyridine rings is 1. The van der Waals surface area contributed by atoms with Crippen LogP contribution >= 0.6 is 0 Å². The quantitative estimate of drug-likeness (QED) is 0.258. The Balaban J connectivity index is 1.37. The number of amides is 2. The summed E-state index contributed by atoms with van der Waals surface area (Å²) < 4.78 is 51.8. The van der Waals surface area contributed by atoms with Gasteiger partial charge in [0.25, 0.3) is 0 Å². The van der Waals surface area contributed by atoms with Gasteiger partial charge < -0.3 is 10.6 Å². The molecule has 0 bridgehead atoms. The standard InChI is InChI=1S/C24H17F4N5O2/c25-18-11-14(24(26,27)28)4-8-20(18)31-23(35)13-22(34)30-16-5-7-17-19(32-33-21(17)12-16)9-6-15-3-1-2-10-29-15/h1-12H,13H2,(H,30,34)(H,31,35)(H,32,33)/b9-6+. The Bertz CT molecular complexity index is 1410. The molecule has 0 spiro atoms. The topological polar surface area (TPSA) is 99.8 Å². The fraction of sp³-hybridized carbons (Fsp3) is 0.0833. The van der Waals surface area contributed by atoms with Crippen molar-refractivity contribution < 1.29 is 27.2 Å². The van der Waals surface area contributed by atoms with Crippen molar-refractivity contribution in [2.75, 3.05) is 10.6 Å². The first kappa shape index (κ1) is 23.6. The van der Waals surface area contributed by atoms with E-state index in [9.17, 15) is 27.2 Å². The van der Waals surface area contributed by atoms with Gasteiger partial charge in [-0.3, -0.25) is 19.7 Å². The van der Waals surface area contributed by atoms with Gasteiger partial charge in [0.1, 0.15) is 12.2 Å². The maximum absolute atomic E-state index is 13.9. The number of rotatable bonds is 6. The molecule has 35 heavy (non-hydrogen) atoms. The van der Waals surface area contributed by atoms with Gasteiger partial charge in [-0.05, 0) is 60.7 Å². The van der Waals surface area contributed by atoms with Crippen molar-refractivity contribution in [3.8, 4) is 0 Å². The first-order valence-corrected chi connectivity index (χ1v) is 10.2. The maximum Gasteiger partial charge on any atom is 0.416 e. The lowest BCUT2D eigenvalue weighted by Crippen LogP contribution is -2.22. The van der Waals surface area contributed by atoms with Crippen molar-refractivity contribution in [1.29, 1.82) is 0 Å². The summed E-state index contributed by atoms with van der Waals surface area (Å²) in [4.78, 5) is 28.5. The molecule has 0 aliphatic rings. The summed E-state index contributed by atoms with van der Waals surface area (Å²) in [6.07, 6.45) is -0.0974. The van der Waals surface area contributed by atoms with Gasteiger partial charge in [-0.25, -0.2) is 4.39 Å². The summed E-state index contributed by atoms with van der Waals surface area (Å²) in [6, 6.07) is 12.2. The van der Waals surface area contributed by atoms with Gasteiger partial charge in [0, 0.05) is 17.3 Å².